The van der Waals surface area contributed by atoms with Gasteiger partial charge in [0, 0.05) is 11.6 Å². The Labute approximate surface area is 200 Å². The van der Waals surface area contributed by atoms with E-state index < -0.39 is 10.0 Å². The molecule has 1 saturated carbocycles. The van der Waals surface area contributed by atoms with Crippen LogP contribution in [0, 0.1) is 5.92 Å². The average Bonchev–Trinajstić information content (AvgIpc) is 2.78. The van der Waals surface area contributed by atoms with Gasteiger partial charge in [-0.2, -0.15) is 13.5 Å². The van der Waals surface area contributed by atoms with E-state index in [4.69, 9.17) is 0 Å². The fourth-order valence-corrected chi connectivity index (χ4v) is 6.24. The predicted molar refractivity (Wildman–Crippen MR) is 139 cm³/mol. The van der Waals surface area contributed by atoms with Crippen molar-refractivity contribution in [1.29, 1.82) is 0 Å². The van der Waals surface area contributed by atoms with Crippen LogP contribution >= 0.6 is 0 Å². The first-order chi connectivity index (χ1) is 15.6. The standard InChI is InChI=1S/C28H40N2O2S/c1-19(2)24-17-25(20(3)4)28(26(18-24)21(5)6)33(31,32)30-29-27-15-11-10-14-23(27)16-22-12-8-7-9-13-22/h7-9,12-13,17-21,23,30H,10-11,14-16H2,1-6H3/b29-27+. The fourth-order valence-electron chi connectivity index (χ4n) is 4.70. The van der Waals surface area contributed by atoms with Crippen LogP contribution in [-0.4, -0.2) is 14.1 Å². The average molecular weight is 469 g/mol. The van der Waals surface area contributed by atoms with Crippen LogP contribution in [0.25, 0.3) is 0 Å². The summed E-state index contributed by atoms with van der Waals surface area (Å²) in [7, 11) is -3.79. The molecular formula is C28H40N2O2S. The molecule has 1 aliphatic rings. The summed E-state index contributed by atoms with van der Waals surface area (Å²) >= 11 is 0. The van der Waals surface area contributed by atoms with E-state index in [0.717, 1.165) is 48.9 Å². The van der Waals surface area contributed by atoms with Crippen LogP contribution in [0.5, 0.6) is 0 Å². The second-order valence-corrected chi connectivity index (χ2v) is 11.9. The molecule has 0 radical (unpaired) electrons. The maximum absolute atomic E-state index is 13.7. The lowest BCUT2D eigenvalue weighted by Crippen LogP contribution is -2.28. The Morgan fingerprint density at radius 2 is 1.52 bits per heavy atom. The molecule has 1 unspecified atom stereocenters. The number of rotatable bonds is 8. The Hall–Kier alpha value is -2.14. The number of sulfonamides is 1. The minimum atomic E-state index is -3.79. The van der Waals surface area contributed by atoms with Crippen molar-refractivity contribution in [1.82, 2.24) is 4.83 Å². The zero-order valence-corrected chi connectivity index (χ0v) is 21.9. The van der Waals surface area contributed by atoms with Crippen LogP contribution in [0.4, 0.5) is 0 Å². The monoisotopic (exact) mass is 468 g/mol. The van der Waals surface area contributed by atoms with Gasteiger partial charge in [-0.05, 0) is 65.7 Å². The summed E-state index contributed by atoms with van der Waals surface area (Å²) < 4.78 is 27.3. The van der Waals surface area contributed by atoms with E-state index in [2.05, 4.69) is 87.9 Å². The first-order valence-electron chi connectivity index (χ1n) is 12.4. The summed E-state index contributed by atoms with van der Waals surface area (Å²) in [5.41, 5.74) is 5.19. The molecule has 1 fully saturated rings. The van der Waals surface area contributed by atoms with Crippen LogP contribution in [0.3, 0.4) is 0 Å². The molecular weight excluding hydrogens is 428 g/mol. The molecule has 0 saturated heterocycles. The first-order valence-corrected chi connectivity index (χ1v) is 13.9. The van der Waals surface area contributed by atoms with Gasteiger partial charge >= 0.3 is 0 Å². The van der Waals surface area contributed by atoms with Crippen LogP contribution in [0.2, 0.25) is 0 Å². The minimum Gasteiger partial charge on any atom is -0.200 e. The number of hydrazone groups is 1. The molecule has 0 aromatic heterocycles. The maximum Gasteiger partial charge on any atom is 0.277 e. The van der Waals surface area contributed by atoms with Gasteiger partial charge in [-0.3, -0.25) is 0 Å². The highest BCUT2D eigenvalue weighted by Gasteiger charge is 2.28. The molecule has 5 heteroatoms. The molecule has 3 rings (SSSR count). The Balaban J connectivity index is 1.97. The van der Waals surface area contributed by atoms with Crippen molar-refractivity contribution >= 4 is 15.7 Å². The van der Waals surface area contributed by atoms with Crippen molar-refractivity contribution in [3.63, 3.8) is 0 Å². The molecule has 2 aromatic carbocycles. The number of hydrogen-bond donors (Lipinski definition) is 1. The summed E-state index contributed by atoms with van der Waals surface area (Å²) in [6, 6.07) is 14.5. The number of nitrogens with zero attached hydrogens (tertiary/aromatic N) is 1. The second-order valence-electron chi connectivity index (χ2n) is 10.3. The van der Waals surface area contributed by atoms with Gasteiger partial charge < -0.3 is 0 Å². The summed E-state index contributed by atoms with van der Waals surface area (Å²) in [5.74, 6) is 0.814. The van der Waals surface area contributed by atoms with Gasteiger partial charge in [0.15, 0.2) is 0 Å². The van der Waals surface area contributed by atoms with Crippen molar-refractivity contribution in [2.45, 2.75) is 96.3 Å². The molecule has 33 heavy (non-hydrogen) atoms. The van der Waals surface area contributed by atoms with Crippen molar-refractivity contribution in [3.8, 4) is 0 Å². The van der Waals surface area contributed by atoms with Crippen molar-refractivity contribution in [2.75, 3.05) is 0 Å². The smallest absolute Gasteiger partial charge is 0.200 e. The van der Waals surface area contributed by atoms with E-state index in [1.165, 1.54) is 11.1 Å². The molecule has 1 N–H and O–H groups in total. The van der Waals surface area contributed by atoms with Crippen molar-refractivity contribution in [2.24, 2.45) is 11.0 Å². The van der Waals surface area contributed by atoms with Crippen LogP contribution in [0.1, 0.15) is 107 Å². The van der Waals surface area contributed by atoms with Crippen LogP contribution in [0.15, 0.2) is 52.5 Å². The van der Waals surface area contributed by atoms with Gasteiger partial charge in [0.25, 0.3) is 10.0 Å². The second kappa shape index (κ2) is 10.9. The molecule has 2 aromatic rings. The molecule has 4 nitrogen and oxygen atoms in total. The Morgan fingerprint density at radius 1 is 0.909 bits per heavy atom. The Bertz CT molecular complexity index is 1040. The third-order valence-electron chi connectivity index (χ3n) is 6.69. The number of hydrogen-bond acceptors (Lipinski definition) is 3. The first kappa shape index (κ1) is 25.5. The molecule has 0 amide bonds. The van der Waals surface area contributed by atoms with E-state index in [0.29, 0.717) is 10.8 Å². The normalized spacial score (nSPS) is 18.5. The third kappa shape index (κ3) is 6.26. The molecule has 0 spiro atoms. The van der Waals surface area contributed by atoms with Gasteiger partial charge in [-0.15, -0.1) is 0 Å². The van der Waals surface area contributed by atoms with E-state index >= 15 is 0 Å². The lowest BCUT2D eigenvalue weighted by molar-refractivity contribution is 0.519. The quantitative estimate of drug-likeness (QED) is 0.419. The molecule has 0 aliphatic heterocycles. The molecule has 0 heterocycles. The van der Waals surface area contributed by atoms with Gasteiger partial charge in [-0.25, -0.2) is 4.83 Å². The lowest BCUT2D eigenvalue weighted by Gasteiger charge is -2.25. The highest BCUT2D eigenvalue weighted by Crippen LogP contribution is 2.35. The van der Waals surface area contributed by atoms with Gasteiger partial charge in [-0.1, -0.05) is 90.4 Å². The Kier molecular flexibility index (Phi) is 8.38. The molecule has 1 atom stereocenters. The van der Waals surface area contributed by atoms with Gasteiger partial charge in [0.05, 0.1) is 4.90 Å². The molecule has 0 bridgehead atoms. The summed E-state index contributed by atoms with van der Waals surface area (Å²) in [4.78, 5) is 3.07. The van der Waals surface area contributed by atoms with E-state index in [9.17, 15) is 8.42 Å². The third-order valence-corrected chi connectivity index (χ3v) is 8.03. The summed E-state index contributed by atoms with van der Waals surface area (Å²) in [6.07, 6.45) is 5.02. The zero-order chi connectivity index (χ0) is 24.2. The highest BCUT2D eigenvalue weighted by atomic mass is 32.2. The Morgan fingerprint density at radius 3 is 2.06 bits per heavy atom. The number of nitrogens with one attached hydrogen (secondary N) is 1. The summed E-state index contributed by atoms with van der Waals surface area (Å²) in [5, 5.41) is 4.55. The van der Waals surface area contributed by atoms with E-state index in [1.54, 1.807) is 0 Å². The largest absolute Gasteiger partial charge is 0.277 e. The number of benzene rings is 2. The van der Waals surface area contributed by atoms with Crippen LogP contribution in [-0.2, 0) is 16.4 Å². The maximum atomic E-state index is 13.7. The van der Waals surface area contributed by atoms with Gasteiger partial charge in [0.1, 0.15) is 0 Å². The summed E-state index contributed by atoms with van der Waals surface area (Å²) in [6.45, 7) is 12.5. The predicted octanol–water partition coefficient (Wildman–Crippen LogP) is 7.12. The van der Waals surface area contributed by atoms with E-state index in [1.807, 2.05) is 6.07 Å². The highest BCUT2D eigenvalue weighted by molar-refractivity contribution is 7.89. The van der Waals surface area contributed by atoms with E-state index in [-0.39, 0.29) is 17.8 Å². The van der Waals surface area contributed by atoms with Crippen molar-refractivity contribution < 1.29 is 8.42 Å². The minimum absolute atomic E-state index is 0.0981. The SMILES string of the molecule is CC(C)c1cc(C(C)C)c(S(=O)(=O)N/N=C2\CCCCC2Cc2ccccc2)c(C(C)C)c1. The molecule has 1 aliphatic carbocycles. The zero-order valence-electron chi connectivity index (χ0n) is 21.1. The molecule has 180 valence electrons. The fraction of sp³-hybridized carbons (Fsp3) is 0.536. The van der Waals surface area contributed by atoms with Crippen LogP contribution < -0.4 is 4.83 Å². The van der Waals surface area contributed by atoms with Crippen molar-refractivity contribution in [3.05, 3.63) is 64.7 Å². The topological polar surface area (TPSA) is 58.5 Å². The van der Waals surface area contributed by atoms with Gasteiger partial charge in [0.2, 0.25) is 0 Å². The lowest BCUT2D eigenvalue weighted by atomic mass is 9.83.